The summed E-state index contributed by atoms with van der Waals surface area (Å²) in [5.41, 5.74) is 0. The molecule has 0 saturated carbocycles. The molecule has 0 amide bonds. The molecule has 2 heterocycles. The summed E-state index contributed by atoms with van der Waals surface area (Å²) in [6, 6.07) is 0. The number of hydrogen-bond acceptors (Lipinski definition) is 2. The van der Waals surface area contributed by atoms with Crippen molar-refractivity contribution in [1.29, 1.82) is 0 Å². The Balaban J connectivity index is 2.98. The van der Waals surface area contributed by atoms with Crippen molar-refractivity contribution in [2.45, 2.75) is 0 Å². The van der Waals surface area contributed by atoms with Gasteiger partial charge in [0.2, 0.25) is 0 Å². The third-order valence-corrected chi connectivity index (χ3v) is 4.20. The summed E-state index contributed by atoms with van der Waals surface area (Å²) in [5, 5.41) is 6.37. The van der Waals surface area contributed by atoms with Crippen molar-refractivity contribution in [1.82, 2.24) is 0 Å². The van der Waals surface area contributed by atoms with E-state index in [0.717, 1.165) is 15.4 Å². The monoisotopic (exact) mass is 208 g/mol. The first kappa shape index (κ1) is 6.92. The number of fused-ring (bicyclic) bond motifs is 1. The molecule has 0 aliphatic rings. The third-order valence-electron chi connectivity index (χ3n) is 1.22. The van der Waals surface area contributed by atoms with Crippen molar-refractivity contribution in [3.8, 4) is 0 Å². The van der Waals surface area contributed by atoms with Gasteiger partial charge in [0.1, 0.15) is 0 Å². The first-order chi connectivity index (χ1) is 4.79. The van der Waals surface area contributed by atoms with Gasteiger partial charge in [-0.2, -0.15) is 0 Å². The maximum atomic E-state index is 5.85. The fourth-order valence-electron chi connectivity index (χ4n) is 0.783. The Labute approximate surface area is 76.0 Å². The van der Waals surface area contributed by atoms with E-state index in [1.165, 1.54) is 4.01 Å². The average Bonchev–Trinajstić information content (AvgIpc) is 2.40. The Morgan fingerprint density at radius 3 is 1.90 bits per heavy atom. The molecule has 0 aromatic carbocycles. The minimum absolute atomic E-state index is 0.770. The highest BCUT2D eigenvalue weighted by molar-refractivity contribution is 7.37. The van der Waals surface area contributed by atoms with Crippen LogP contribution in [0.5, 0.6) is 0 Å². The standard InChI is InChI=1S/C6H2Cl2S2/c7-3-1-9-6-5(3)4(8)2-10-6/h1-2H. The average molecular weight is 209 g/mol. The van der Waals surface area contributed by atoms with Gasteiger partial charge in [-0.3, -0.25) is 0 Å². The summed E-state index contributed by atoms with van der Waals surface area (Å²) >= 11 is 15.0. The maximum Gasteiger partial charge on any atom is 0.0895 e. The Bertz CT molecular complexity index is 329. The summed E-state index contributed by atoms with van der Waals surface area (Å²) in [7, 11) is 0. The molecule has 0 fully saturated rings. The normalized spacial score (nSPS) is 11.0. The highest BCUT2D eigenvalue weighted by atomic mass is 35.5. The summed E-state index contributed by atoms with van der Waals surface area (Å²) in [5.74, 6) is 0. The van der Waals surface area contributed by atoms with Crippen LogP contribution in [0.3, 0.4) is 0 Å². The van der Waals surface area contributed by atoms with Gasteiger partial charge in [0.15, 0.2) is 0 Å². The predicted molar refractivity (Wildman–Crippen MR) is 49.7 cm³/mol. The maximum absolute atomic E-state index is 5.85. The van der Waals surface area contributed by atoms with Crippen LogP contribution in [0.25, 0.3) is 9.40 Å². The van der Waals surface area contributed by atoms with E-state index in [4.69, 9.17) is 23.2 Å². The Morgan fingerprint density at radius 2 is 1.50 bits per heavy atom. The fraction of sp³-hybridized carbons (Fsp3) is 0. The van der Waals surface area contributed by atoms with Crippen molar-refractivity contribution in [3.63, 3.8) is 0 Å². The Morgan fingerprint density at radius 1 is 1.00 bits per heavy atom. The van der Waals surface area contributed by atoms with E-state index in [-0.39, 0.29) is 0 Å². The quantitative estimate of drug-likeness (QED) is 0.607. The van der Waals surface area contributed by atoms with E-state index in [0.29, 0.717) is 0 Å². The molecular formula is C6H2Cl2S2. The van der Waals surface area contributed by atoms with Crippen LogP contribution >= 0.6 is 45.9 Å². The molecule has 2 aromatic heterocycles. The molecule has 4 heteroatoms. The molecular weight excluding hydrogens is 207 g/mol. The van der Waals surface area contributed by atoms with Crippen LogP contribution in [0.2, 0.25) is 10.0 Å². The van der Waals surface area contributed by atoms with Gasteiger partial charge >= 0.3 is 0 Å². The second kappa shape index (κ2) is 2.38. The van der Waals surface area contributed by atoms with E-state index in [9.17, 15) is 0 Å². The van der Waals surface area contributed by atoms with Crippen molar-refractivity contribution < 1.29 is 0 Å². The van der Waals surface area contributed by atoms with E-state index in [2.05, 4.69) is 0 Å². The van der Waals surface area contributed by atoms with E-state index in [1.54, 1.807) is 22.7 Å². The van der Waals surface area contributed by atoms with Crippen LogP contribution in [-0.4, -0.2) is 0 Å². The molecule has 0 unspecified atom stereocenters. The van der Waals surface area contributed by atoms with Gasteiger partial charge in [0.05, 0.1) is 14.1 Å². The highest BCUT2D eigenvalue weighted by Crippen LogP contribution is 2.39. The topological polar surface area (TPSA) is 0 Å². The van der Waals surface area contributed by atoms with E-state index < -0.39 is 0 Å². The lowest BCUT2D eigenvalue weighted by Crippen LogP contribution is -1.52. The summed E-state index contributed by atoms with van der Waals surface area (Å²) in [6.07, 6.45) is 0. The number of rotatable bonds is 0. The molecule has 0 N–H and O–H groups in total. The molecule has 0 aliphatic carbocycles. The fourth-order valence-corrected chi connectivity index (χ4v) is 3.56. The lowest BCUT2D eigenvalue weighted by atomic mass is 10.4. The molecule has 2 aromatic rings. The second-order valence-electron chi connectivity index (χ2n) is 1.83. The molecule has 0 saturated heterocycles. The zero-order valence-corrected chi connectivity index (χ0v) is 7.87. The van der Waals surface area contributed by atoms with E-state index >= 15 is 0 Å². The molecule has 0 aliphatic heterocycles. The van der Waals surface area contributed by atoms with Crippen molar-refractivity contribution >= 4 is 55.3 Å². The van der Waals surface area contributed by atoms with Gasteiger partial charge in [-0.25, -0.2) is 0 Å². The number of hydrogen-bond donors (Lipinski definition) is 0. The van der Waals surface area contributed by atoms with Crippen molar-refractivity contribution in [3.05, 3.63) is 20.8 Å². The van der Waals surface area contributed by atoms with Gasteiger partial charge in [0, 0.05) is 16.1 Å². The lowest BCUT2D eigenvalue weighted by Gasteiger charge is -1.79. The SMILES string of the molecule is Clc1csc2scc(Cl)c12. The first-order valence-electron chi connectivity index (χ1n) is 2.58. The van der Waals surface area contributed by atoms with Gasteiger partial charge < -0.3 is 0 Å². The van der Waals surface area contributed by atoms with E-state index in [1.807, 2.05) is 10.8 Å². The zero-order valence-electron chi connectivity index (χ0n) is 4.73. The molecule has 0 atom stereocenters. The molecule has 0 spiro atoms. The van der Waals surface area contributed by atoms with Gasteiger partial charge in [0.25, 0.3) is 0 Å². The highest BCUT2D eigenvalue weighted by Gasteiger charge is 2.06. The molecule has 0 radical (unpaired) electrons. The smallest absolute Gasteiger partial charge is 0.0895 e. The molecule has 0 nitrogen and oxygen atoms in total. The van der Waals surface area contributed by atoms with Crippen LogP contribution in [0.4, 0.5) is 0 Å². The Kier molecular flexibility index (Phi) is 1.65. The summed E-state index contributed by atoms with van der Waals surface area (Å²) in [4.78, 5) is 0. The molecule has 10 heavy (non-hydrogen) atoms. The minimum atomic E-state index is 0.770. The zero-order chi connectivity index (χ0) is 7.14. The lowest BCUT2D eigenvalue weighted by molar-refractivity contribution is 2.08. The van der Waals surface area contributed by atoms with Crippen molar-refractivity contribution in [2.24, 2.45) is 0 Å². The molecule has 52 valence electrons. The van der Waals surface area contributed by atoms with Gasteiger partial charge in [-0.15, -0.1) is 22.7 Å². The van der Waals surface area contributed by atoms with Gasteiger partial charge in [-0.1, -0.05) is 23.2 Å². The molecule has 2 rings (SSSR count). The summed E-state index contributed by atoms with van der Waals surface area (Å²) < 4.78 is 1.20. The minimum Gasteiger partial charge on any atom is -0.131 e. The summed E-state index contributed by atoms with van der Waals surface area (Å²) in [6.45, 7) is 0. The second-order valence-corrected chi connectivity index (χ2v) is 4.66. The molecule has 0 bridgehead atoms. The predicted octanol–water partition coefficient (Wildman–Crippen LogP) is 4.27. The van der Waals surface area contributed by atoms with Crippen molar-refractivity contribution in [2.75, 3.05) is 0 Å². The van der Waals surface area contributed by atoms with Crippen LogP contribution in [0.1, 0.15) is 0 Å². The third kappa shape index (κ3) is 0.873. The van der Waals surface area contributed by atoms with Crippen LogP contribution < -0.4 is 0 Å². The van der Waals surface area contributed by atoms with Crippen LogP contribution in [-0.2, 0) is 0 Å². The number of thiophene rings is 2. The number of halogens is 2. The Hall–Kier alpha value is 0.240. The van der Waals surface area contributed by atoms with Gasteiger partial charge in [-0.05, 0) is 0 Å². The first-order valence-corrected chi connectivity index (χ1v) is 5.10. The van der Waals surface area contributed by atoms with Crippen LogP contribution in [0.15, 0.2) is 10.8 Å². The van der Waals surface area contributed by atoms with Crippen LogP contribution in [0, 0.1) is 0 Å². The largest absolute Gasteiger partial charge is 0.131 e.